The standard InChI is InChI=1S/C6H6N2O/c9-5-8-6-2-1-3-7-4-6/h1-5H,(H,8,9)/q+1. The zero-order chi connectivity index (χ0) is 6.53. The van der Waals surface area contributed by atoms with Crippen LogP contribution < -0.4 is 10.3 Å². The molecule has 1 aliphatic rings. The van der Waals surface area contributed by atoms with E-state index in [1.54, 1.807) is 24.6 Å². The fourth-order valence-electron chi connectivity index (χ4n) is 0.516. The van der Waals surface area contributed by atoms with Crippen LogP contribution in [0.25, 0.3) is 0 Å². The predicted octanol–water partition coefficient (Wildman–Crippen LogP) is -0.450. The summed E-state index contributed by atoms with van der Waals surface area (Å²) >= 11 is 0. The number of hydrogen-bond acceptors (Lipinski definition) is 2. The van der Waals surface area contributed by atoms with Gasteiger partial charge in [0, 0.05) is 6.08 Å². The Bertz CT molecular complexity index is 191. The van der Waals surface area contributed by atoms with Crippen LogP contribution in [-0.2, 0) is 4.79 Å². The molecule has 0 fully saturated rings. The molecule has 0 aromatic rings. The van der Waals surface area contributed by atoms with Crippen molar-refractivity contribution in [2.75, 3.05) is 0 Å². The minimum Gasteiger partial charge on any atom is -0.324 e. The van der Waals surface area contributed by atoms with Gasteiger partial charge in [0.15, 0.2) is 0 Å². The Morgan fingerprint density at radius 1 is 1.67 bits per heavy atom. The molecule has 1 rings (SSSR count). The van der Waals surface area contributed by atoms with Crippen LogP contribution in [0.15, 0.2) is 24.0 Å². The molecule has 0 aromatic heterocycles. The van der Waals surface area contributed by atoms with E-state index in [2.05, 4.69) is 10.3 Å². The Hall–Kier alpha value is -1.38. The highest BCUT2D eigenvalue weighted by atomic mass is 16.1. The lowest BCUT2D eigenvalue weighted by atomic mass is 10.4. The van der Waals surface area contributed by atoms with Gasteiger partial charge >= 0.3 is 0 Å². The van der Waals surface area contributed by atoms with Crippen LogP contribution in [0.4, 0.5) is 0 Å². The molecule has 0 saturated carbocycles. The van der Waals surface area contributed by atoms with Crippen LogP contribution in [0.5, 0.6) is 0 Å². The molecule has 1 aliphatic heterocycles. The monoisotopic (exact) mass is 122 g/mol. The summed E-state index contributed by atoms with van der Waals surface area (Å²) in [6.07, 6.45) is 7.37. The number of carbonyl (C=O) groups excluding carboxylic acids is 1. The Labute approximate surface area is 52.8 Å². The third kappa shape index (κ3) is 1.53. The largest absolute Gasteiger partial charge is 0.324 e. The summed E-state index contributed by atoms with van der Waals surface area (Å²) in [5.74, 6) is 0. The molecule has 0 unspecified atom stereocenters. The molecule has 1 N–H and O–H groups in total. The Kier molecular flexibility index (Phi) is 1.80. The molecule has 0 spiro atoms. The second-order valence-corrected chi connectivity index (χ2v) is 1.50. The van der Waals surface area contributed by atoms with Gasteiger partial charge in [-0.25, -0.2) is 0 Å². The molecule has 9 heavy (non-hydrogen) atoms. The van der Waals surface area contributed by atoms with E-state index in [9.17, 15) is 4.79 Å². The molecule has 3 heteroatoms. The van der Waals surface area contributed by atoms with Crippen LogP contribution in [-0.4, -0.2) is 12.6 Å². The van der Waals surface area contributed by atoms with Crippen LogP contribution >= 0.6 is 0 Å². The van der Waals surface area contributed by atoms with Gasteiger partial charge in [0.2, 0.25) is 12.6 Å². The number of rotatable bonds is 2. The van der Waals surface area contributed by atoms with Crippen molar-refractivity contribution in [3.8, 4) is 0 Å². The van der Waals surface area contributed by atoms with E-state index < -0.39 is 0 Å². The number of carbonyl (C=O) groups is 1. The first kappa shape index (κ1) is 5.75. The lowest BCUT2D eigenvalue weighted by Gasteiger charge is -1.89. The van der Waals surface area contributed by atoms with Crippen LogP contribution in [0.3, 0.4) is 0 Å². The fraction of sp³-hybridized carbons (Fsp3) is 0. The van der Waals surface area contributed by atoms with Crippen molar-refractivity contribution in [2.24, 2.45) is 0 Å². The van der Waals surface area contributed by atoms with Crippen molar-refractivity contribution in [1.29, 1.82) is 0 Å². The number of nitrogens with zero attached hydrogens (tertiary/aromatic N) is 1. The first-order valence-corrected chi connectivity index (χ1v) is 2.53. The Morgan fingerprint density at radius 2 is 2.56 bits per heavy atom. The summed E-state index contributed by atoms with van der Waals surface area (Å²) in [7, 11) is 0. The van der Waals surface area contributed by atoms with Crippen LogP contribution in [0.1, 0.15) is 0 Å². The first-order chi connectivity index (χ1) is 4.43. The quantitative estimate of drug-likeness (QED) is 0.495. The minimum absolute atomic E-state index is 0.622. The molecular weight excluding hydrogens is 116 g/mol. The normalized spacial score (nSPS) is 14.9. The molecule has 0 bridgehead atoms. The molecule has 1 heterocycles. The molecule has 45 valence electrons. The number of aliphatic imine (C=N–C) groups is 1. The van der Waals surface area contributed by atoms with E-state index in [4.69, 9.17) is 0 Å². The van der Waals surface area contributed by atoms with E-state index in [0.29, 0.717) is 12.1 Å². The van der Waals surface area contributed by atoms with E-state index in [1.165, 1.54) is 0 Å². The van der Waals surface area contributed by atoms with Gasteiger partial charge in [-0.1, -0.05) is 0 Å². The number of hydrogen-bond donors (Lipinski definition) is 1. The van der Waals surface area contributed by atoms with Gasteiger partial charge in [0.05, 0.1) is 4.99 Å². The van der Waals surface area contributed by atoms with Gasteiger partial charge in [-0.15, -0.1) is 0 Å². The Morgan fingerprint density at radius 3 is 3.11 bits per heavy atom. The van der Waals surface area contributed by atoms with Crippen LogP contribution in [0, 0.1) is 0 Å². The molecule has 0 aliphatic carbocycles. The van der Waals surface area contributed by atoms with Crippen molar-refractivity contribution < 1.29 is 4.79 Å². The Balaban J connectivity index is 2.60. The second-order valence-electron chi connectivity index (χ2n) is 1.50. The molecule has 0 atom stereocenters. The fourth-order valence-corrected chi connectivity index (χ4v) is 0.516. The lowest BCUT2D eigenvalue weighted by molar-refractivity contribution is -0.108. The SMILES string of the molecule is O=CNC1=CC=C[N+]=C1. The summed E-state index contributed by atoms with van der Waals surface area (Å²) in [6.45, 7) is 0. The van der Waals surface area contributed by atoms with E-state index in [-0.39, 0.29) is 0 Å². The second kappa shape index (κ2) is 2.81. The summed E-state index contributed by atoms with van der Waals surface area (Å²) < 4.78 is 0. The molecular formula is C6H6N2O+. The maximum absolute atomic E-state index is 9.84. The maximum Gasteiger partial charge on any atom is 0.265 e. The first-order valence-electron chi connectivity index (χ1n) is 2.53. The smallest absolute Gasteiger partial charge is 0.265 e. The summed E-state index contributed by atoms with van der Waals surface area (Å²) in [4.78, 5) is 13.6. The van der Waals surface area contributed by atoms with Crippen molar-refractivity contribution >= 4 is 12.6 Å². The molecule has 1 amide bonds. The van der Waals surface area contributed by atoms with E-state index >= 15 is 0 Å². The average molecular weight is 122 g/mol. The van der Waals surface area contributed by atoms with Gasteiger partial charge in [-0.2, -0.15) is 0 Å². The van der Waals surface area contributed by atoms with Gasteiger partial charge in [0.1, 0.15) is 5.70 Å². The average Bonchev–Trinajstić information content (AvgIpc) is 1.91. The lowest BCUT2D eigenvalue weighted by Crippen LogP contribution is -2.13. The number of amides is 1. The summed E-state index contributed by atoms with van der Waals surface area (Å²) in [5, 5.41) is 2.46. The number of nitrogens with one attached hydrogen (secondary N) is 1. The number of allylic oxidation sites excluding steroid dienone is 3. The van der Waals surface area contributed by atoms with E-state index in [0.717, 1.165) is 0 Å². The van der Waals surface area contributed by atoms with Crippen molar-refractivity contribution in [3.63, 3.8) is 0 Å². The zero-order valence-electron chi connectivity index (χ0n) is 4.74. The maximum atomic E-state index is 9.84. The molecule has 0 aromatic carbocycles. The third-order valence-corrected chi connectivity index (χ3v) is 0.887. The van der Waals surface area contributed by atoms with E-state index in [1.807, 2.05) is 0 Å². The third-order valence-electron chi connectivity index (χ3n) is 0.887. The van der Waals surface area contributed by atoms with Gasteiger partial charge in [0.25, 0.3) is 6.21 Å². The predicted molar refractivity (Wildman–Crippen MR) is 34.6 cm³/mol. The molecule has 1 radical (unpaired) electrons. The van der Waals surface area contributed by atoms with Crippen molar-refractivity contribution in [2.45, 2.75) is 0 Å². The highest BCUT2D eigenvalue weighted by Gasteiger charge is 1.98. The molecule has 0 saturated heterocycles. The van der Waals surface area contributed by atoms with Gasteiger partial charge in [-0.05, 0) is 6.08 Å². The topological polar surface area (TPSA) is 43.2 Å². The highest BCUT2D eigenvalue weighted by molar-refractivity contribution is 5.82. The van der Waals surface area contributed by atoms with Crippen molar-refractivity contribution in [1.82, 2.24) is 10.3 Å². The summed E-state index contributed by atoms with van der Waals surface area (Å²) in [6, 6.07) is 0. The van der Waals surface area contributed by atoms with Crippen LogP contribution in [0.2, 0.25) is 0 Å². The molecule has 3 nitrogen and oxygen atoms in total. The van der Waals surface area contributed by atoms with Gasteiger partial charge < -0.3 is 5.32 Å². The summed E-state index contributed by atoms with van der Waals surface area (Å²) in [5.41, 5.74) is 0.715. The highest BCUT2D eigenvalue weighted by Crippen LogP contribution is 1.86. The van der Waals surface area contributed by atoms with Crippen molar-refractivity contribution in [3.05, 3.63) is 24.0 Å². The minimum atomic E-state index is 0.622. The zero-order valence-corrected chi connectivity index (χ0v) is 4.74. The van der Waals surface area contributed by atoms with Gasteiger partial charge in [-0.3, -0.25) is 4.79 Å².